The summed E-state index contributed by atoms with van der Waals surface area (Å²) in [4.78, 5) is 29.6. The van der Waals surface area contributed by atoms with Crippen LogP contribution in [0.3, 0.4) is 0 Å². The zero-order valence-corrected chi connectivity index (χ0v) is 20.6. The van der Waals surface area contributed by atoms with E-state index in [0.717, 1.165) is 25.1 Å². The van der Waals surface area contributed by atoms with Crippen LogP contribution < -0.4 is 10.9 Å². The van der Waals surface area contributed by atoms with E-state index in [9.17, 15) is 40.3 Å². The first kappa shape index (κ1) is 29.2. The fourth-order valence-electron chi connectivity index (χ4n) is 4.21. The van der Waals surface area contributed by atoms with Crippen molar-refractivity contribution < 1.29 is 44.7 Å². The number of aromatic amines is 1. The molecule has 0 unspecified atom stereocenters. The van der Waals surface area contributed by atoms with Crippen molar-refractivity contribution in [3.8, 4) is 11.4 Å². The summed E-state index contributed by atoms with van der Waals surface area (Å²) in [5.74, 6) is -4.62. The quantitative estimate of drug-likeness (QED) is 0.356. The van der Waals surface area contributed by atoms with Gasteiger partial charge in [0.1, 0.15) is 11.6 Å². The van der Waals surface area contributed by atoms with E-state index in [1.54, 1.807) is 0 Å². The van der Waals surface area contributed by atoms with Crippen molar-refractivity contribution in [3.63, 3.8) is 0 Å². The van der Waals surface area contributed by atoms with Crippen LogP contribution in [-0.4, -0.2) is 22.0 Å². The third kappa shape index (κ3) is 6.32. The Balaban J connectivity index is 1.40. The third-order valence-corrected chi connectivity index (χ3v) is 6.45. The molecule has 1 aliphatic rings. The van der Waals surface area contributed by atoms with Gasteiger partial charge in [0, 0.05) is 18.0 Å². The average molecular weight is 575 g/mol. The molecule has 40 heavy (non-hydrogen) atoms. The predicted molar refractivity (Wildman–Crippen MR) is 125 cm³/mol. The molecule has 4 rings (SSSR count). The first-order valence-corrected chi connectivity index (χ1v) is 11.9. The summed E-state index contributed by atoms with van der Waals surface area (Å²) >= 11 is 0. The number of rotatable bonds is 7. The summed E-state index contributed by atoms with van der Waals surface area (Å²) < 4.78 is 114. The molecule has 0 radical (unpaired) electrons. The van der Waals surface area contributed by atoms with Crippen molar-refractivity contribution in [1.29, 1.82) is 0 Å². The largest absolute Gasteiger partial charge is 0.417 e. The molecular formula is C26H21F8N3O3. The molecule has 0 saturated heterocycles. The molecule has 14 heteroatoms. The molecule has 1 amide bonds. The maximum atomic E-state index is 15.3. The second-order valence-electron chi connectivity index (χ2n) is 9.29. The minimum atomic E-state index is -5.03. The molecule has 1 saturated carbocycles. The topological polar surface area (TPSA) is 84.1 Å². The van der Waals surface area contributed by atoms with Gasteiger partial charge in [-0.1, -0.05) is 18.2 Å². The number of nitrogens with zero attached hydrogens (tertiary/aromatic N) is 1. The summed E-state index contributed by atoms with van der Waals surface area (Å²) in [7, 11) is 0. The van der Waals surface area contributed by atoms with Crippen LogP contribution in [-0.2, 0) is 35.0 Å². The summed E-state index contributed by atoms with van der Waals surface area (Å²) in [5.41, 5.74) is -5.28. The maximum Gasteiger partial charge on any atom is 0.417 e. The highest BCUT2D eigenvalue weighted by Gasteiger charge is 2.38. The Morgan fingerprint density at radius 1 is 1.05 bits per heavy atom. The van der Waals surface area contributed by atoms with Crippen LogP contribution in [0.2, 0.25) is 0 Å². The van der Waals surface area contributed by atoms with Gasteiger partial charge in [-0.3, -0.25) is 9.59 Å². The Labute approximate surface area is 221 Å². The SMILES string of the molecule is Cc1nc(-c2c(C(F)(F)F)ccc(CNC(=O)[C@H]3C[C@H](OCc4cccc(C(F)(F)F)c4)C3)c2F)[nH]c(=O)c1F. The van der Waals surface area contributed by atoms with Gasteiger partial charge in [-0.25, -0.2) is 9.37 Å². The normalized spacial score (nSPS) is 17.4. The number of H-pyrrole nitrogens is 1. The van der Waals surface area contributed by atoms with Crippen molar-refractivity contribution in [2.24, 2.45) is 5.92 Å². The highest BCUT2D eigenvalue weighted by Crippen LogP contribution is 2.38. The fraction of sp³-hybridized carbons (Fsp3) is 0.346. The molecule has 6 nitrogen and oxygen atoms in total. The van der Waals surface area contributed by atoms with Gasteiger partial charge in [0.25, 0.3) is 5.56 Å². The molecule has 2 N–H and O–H groups in total. The molecule has 2 aromatic carbocycles. The van der Waals surface area contributed by atoms with Gasteiger partial charge >= 0.3 is 12.4 Å². The van der Waals surface area contributed by atoms with Crippen LogP contribution in [0.5, 0.6) is 0 Å². The standard InChI is InChI=1S/C26H21F8N3O3/c1-12-20(27)24(39)37-22(36-12)19-18(26(32,33)34)6-5-14(21(19)28)10-35-23(38)15-8-17(9-15)40-11-13-3-2-4-16(7-13)25(29,30)31/h2-7,15,17H,8-11H2,1H3,(H,35,38)(H,36,37,39)/t15-,17-. The second kappa shape index (κ2) is 11.0. The van der Waals surface area contributed by atoms with Gasteiger partial charge in [0.15, 0.2) is 0 Å². The van der Waals surface area contributed by atoms with E-state index < -0.39 is 82.2 Å². The number of alkyl halides is 6. The molecule has 214 valence electrons. The van der Waals surface area contributed by atoms with Gasteiger partial charge in [0.05, 0.1) is 35.1 Å². The summed E-state index contributed by atoms with van der Waals surface area (Å²) in [5, 5.41) is 2.44. The molecular weight excluding hydrogens is 554 g/mol. The van der Waals surface area contributed by atoms with Crippen molar-refractivity contribution in [1.82, 2.24) is 15.3 Å². The fourth-order valence-corrected chi connectivity index (χ4v) is 4.21. The van der Waals surface area contributed by atoms with Crippen LogP contribution in [0.25, 0.3) is 11.4 Å². The van der Waals surface area contributed by atoms with E-state index in [1.165, 1.54) is 12.1 Å². The van der Waals surface area contributed by atoms with Gasteiger partial charge in [-0.15, -0.1) is 0 Å². The number of halogens is 8. The monoisotopic (exact) mass is 575 g/mol. The number of hydrogen-bond donors (Lipinski definition) is 2. The van der Waals surface area contributed by atoms with Gasteiger partial charge in [-0.05, 0) is 43.5 Å². The van der Waals surface area contributed by atoms with Crippen LogP contribution in [0.4, 0.5) is 35.1 Å². The number of carbonyl (C=O) groups excluding carboxylic acids is 1. The van der Waals surface area contributed by atoms with E-state index in [1.807, 2.05) is 4.98 Å². The van der Waals surface area contributed by atoms with Gasteiger partial charge < -0.3 is 15.0 Å². The average Bonchev–Trinajstić information content (AvgIpc) is 2.84. The number of hydrogen-bond acceptors (Lipinski definition) is 4. The number of amides is 1. The van der Waals surface area contributed by atoms with Crippen molar-refractivity contribution in [2.75, 3.05) is 0 Å². The Morgan fingerprint density at radius 3 is 2.38 bits per heavy atom. The zero-order valence-electron chi connectivity index (χ0n) is 20.6. The molecule has 0 aliphatic heterocycles. The van der Waals surface area contributed by atoms with E-state index >= 15 is 4.39 Å². The lowest BCUT2D eigenvalue weighted by Crippen LogP contribution is -2.42. The third-order valence-electron chi connectivity index (χ3n) is 6.45. The summed E-state index contributed by atoms with van der Waals surface area (Å²) in [6.07, 6.45) is -9.44. The lowest BCUT2D eigenvalue weighted by Gasteiger charge is -2.34. The number of aryl methyl sites for hydroxylation is 1. The Bertz CT molecular complexity index is 1480. The van der Waals surface area contributed by atoms with Crippen molar-refractivity contribution in [2.45, 2.75) is 51.4 Å². The minimum Gasteiger partial charge on any atom is -0.373 e. The molecule has 0 atom stereocenters. The minimum absolute atomic E-state index is 0.0958. The molecule has 1 aliphatic carbocycles. The van der Waals surface area contributed by atoms with Gasteiger partial charge in [0.2, 0.25) is 11.7 Å². The number of carbonyl (C=O) groups is 1. The highest BCUT2D eigenvalue weighted by molar-refractivity contribution is 5.79. The van der Waals surface area contributed by atoms with Crippen molar-refractivity contribution >= 4 is 5.91 Å². The first-order chi connectivity index (χ1) is 18.6. The maximum absolute atomic E-state index is 15.3. The van der Waals surface area contributed by atoms with Crippen molar-refractivity contribution in [3.05, 3.63) is 86.3 Å². The van der Waals surface area contributed by atoms with E-state index in [0.29, 0.717) is 11.6 Å². The molecule has 1 fully saturated rings. The molecule has 3 aromatic rings. The second-order valence-corrected chi connectivity index (χ2v) is 9.29. The van der Waals surface area contributed by atoms with E-state index in [4.69, 9.17) is 4.74 Å². The van der Waals surface area contributed by atoms with Crippen LogP contribution >= 0.6 is 0 Å². The molecule has 1 aromatic heterocycles. The summed E-state index contributed by atoms with van der Waals surface area (Å²) in [6, 6.07) is 6.04. The number of ether oxygens (including phenoxy) is 1. The lowest BCUT2D eigenvalue weighted by atomic mass is 9.81. The first-order valence-electron chi connectivity index (χ1n) is 11.9. The molecule has 0 spiro atoms. The van der Waals surface area contributed by atoms with Crippen LogP contribution in [0, 0.1) is 24.5 Å². The zero-order chi connectivity index (χ0) is 29.4. The van der Waals surface area contributed by atoms with Crippen LogP contribution in [0.15, 0.2) is 41.2 Å². The van der Waals surface area contributed by atoms with Gasteiger partial charge in [-0.2, -0.15) is 30.7 Å². The van der Waals surface area contributed by atoms with Crippen LogP contribution in [0.1, 0.15) is 40.8 Å². The molecule has 1 heterocycles. The summed E-state index contributed by atoms with van der Waals surface area (Å²) in [6.45, 7) is 0.451. The Hall–Kier alpha value is -3.81. The lowest BCUT2D eigenvalue weighted by molar-refractivity contribution is -0.138. The highest BCUT2D eigenvalue weighted by atomic mass is 19.4. The molecule has 0 bridgehead atoms. The number of benzene rings is 2. The van der Waals surface area contributed by atoms with E-state index in [2.05, 4.69) is 10.3 Å². The smallest absolute Gasteiger partial charge is 0.373 e. The van der Waals surface area contributed by atoms with E-state index in [-0.39, 0.29) is 25.0 Å². The number of aromatic nitrogens is 2. The Kier molecular flexibility index (Phi) is 8.01. The number of nitrogens with one attached hydrogen (secondary N) is 2. The predicted octanol–water partition coefficient (Wildman–Crippen LogP) is 5.67. The Morgan fingerprint density at radius 2 is 1.75 bits per heavy atom.